The average molecular weight is 427 g/mol. The van der Waals surface area contributed by atoms with E-state index in [0.29, 0.717) is 28.4 Å². The topological polar surface area (TPSA) is 91.5 Å². The van der Waals surface area contributed by atoms with E-state index in [1.54, 1.807) is 18.2 Å². The summed E-state index contributed by atoms with van der Waals surface area (Å²) in [5.41, 5.74) is -0.220. The summed E-state index contributed by atoms with van der Waals surface area (Å²) in [5, 5.41) is 13.4. The largest absolute Gasteiger partial charge is 0.484 e. The molecule has 1 saturated heterocycles. The molecule has 0 spiro atoms. The number of halogens is 2. The predicted molar refractivity (Wildman–Crippen MR) is 107 cm³/mol. The van der Waals surface area contributed by atoms with E-state index in [1.807, 2.05) is 0 Å². The van der Waals surface area contributed by atoms with E-state index in [4.69, 9.17) is 27.9 Å². The standard InChI is InChI=1S/C19H24Cl2N4O3/c20-13-2-1-12(5-14(13)21)28-9-17(26)25-19-6-11(7-19)16(8-19)24-18(27)15-3-4-22-10-23-15/h1-2,5,11,15-16,22-23H,3-4,6-10H2,(H,24,27)(H,25,26)/t11?,15?,16-,19?/m0/s1. The molecule has 1 aliphatic heterocycles. The van der Waals surface area contributed by atoms with E-state index >= 15 is 0 Å². The van der Waals surface area contributed by atoms with E-state index in [9.17, 15) is 9.59 Å². The van der Waals surface area contributed by atoms with Crippen LogP contribution in [0, 0.1) is 5.92 Å². The maximum Gasteiger partial charge on any atom is 0.258 e. The number of benzene rings is 1. The number of amides is 2. The van der Waals surface area contributed by atoms with Gasteiger partial charge in [0.1, 0.15) is 5.75 Å². The molecule has 1 aromatic rings. The molecule has 0 radical (unpaired) electrons. The second-order valence-electron chi connectivity index (χ2n) is 7.90. The zero-order chi connectivity index (χ0) is 19.7. The third kappa shape index (κ3) is 4.22. The van der Waals surface area contributed by atoms with Crippen molar-refractivity contribution in [2.45, 2.75) is 43.3 Å². The molecular weight excluding hydrogens is 403 g/mol. The van der Waals surface area contributed by atoms with Crippen LogP contribution in [0.5, 0.6) is 5.75 Å². The van der Waals surface area contributed by atoms with Gasteiger partial charge in [-0.25, -0.2) is 0 Å². The smallest absolute Gasteiger partial charge is 0.258 e. The van der Waals surface area contributed by atoms with Crippen molar-refractivity contribution in [1.82, 2.24) is 21.3 Å². The molecule has 1 unspecified atom stereocenters. The van der Waals surface area contributed by atoms with Crippen LogP contribution in [0.4, 0.5) is 0 Å². The lowest BCUT2D eigenvalue weighted by Crippen LogP contribution is -2.54. The van der Waals surface area contributed by atoms with Crippen molar-refractivity contribution in [3.8, 4) is 5.75 Å². The van der Waals surface area contributed by atoms with Crippen molar-refractivity contribution in [1.29, 1.82) is 0 Å². The van der Waals surface area contributed by atoms with Gasteiger partial charge in [-0.2, -0.15) is 0 Å². The molecule has 7 nitrogen and oxygen atoms in total. The SMILES string of the molecule is O=C(COc1ccc(Cl)c(Cl)c1)NC12CC(C1)[C@@H](NC(=O)C1CCNCN1)C2. The van der Waals surface area contributed by atoms with Crippen molar-refractivity contribution >= 4 is 35.0 Å². The highest BCUT2D eigenvalue weighted by Gasteiger charge is 2.57. The molecule has 3 aliphatic carbocycles. The summed E-state index contributed by atoms with van der Waals surface area (Å²) in [4.78, 5) is 24.8. The fraction of sp³-hybridized carbons (Fsp3) is 0.579. The van der Waals surface area contributed by atoms with Crippen molar-refractivity contribution in [3.63, 3.8) is 0 Å². The first-order valence-electron chi connectivity index (χ1n) is 9.57. The number of hydrogen-bond donors (Lipinski definition) is 4. The first-order valence-corrected chi connectivity index (χ1v) is 10.3. The maximum atomic E-state index is 12.4. The van der Waals surface area contributed by atoms with E-state index < -0.39 is 0 Å². The summed E-state index contributed by atoms with van der Waals surface area (Å²) in [6, 6.07) is 4.89. The summed E-state index contributed by atoms with van der Waals surface area (Å²) < 4.78 is 5.51. The second kappa shape index (κ2) is 8.06. The molecule has 5 rings (SSSR count). The van der Waals surface area contributed by atoms with E-state index in [2.05, 4.69) is 21.3 Å². The molecule has 4 N–H and O–H groups in total. The van der Waals surface area contributed by atoms with Crippen LogP contribution in [-0.2, 0) is 9.59 Å². The van der Waals surface area contributed by atoms with Crippen LogP contribution >= 0.6 is 23.2 Å². The molecule has 2 amide bonds. The summed E-state index contributed by atoms with van der Waals surface area (Å²) in [6.07, 6.45) is 3.36. The van der Waals surface area contributed by atoms with E-state index in [-0.39, 0.29) is 36.0 Å². The van der Waals surface area contributed by atoms with Gasteiger partial charge >= 0.3 is 0 Å². The number of carbonyl (C=O) groups excluding carboxylic acids is 2. The fourth-order valence-electron chi connectivity index (χ4n) is 4.49. The maximum absolute atomic E-state index is 12.4. The lowest BCUT2D eigenvalue weighted by molar-refractivity contribution is -0.126. The molecule has 28 heavy (non-hydrogen) atoms. The molecule has 3 saturated carbocycles. The minimum atomic E-state index is -0.220. The quantitative estimate of drug-likeness (QED) is 0.552. The summed E-state index contributed by atoms with van der Waals surface area (Å²) in [5.74, 6) is 0.821. The van der Waals surface area contributed by atoms with Crippen molar-refractivity contribution in [3.05, 3.63) is 28.2 Å². The van der Waals surface area contributed by atoms with E-state index in [1.165, 1.54) is 0 Å². The highest BCUT2D eigenvalue weighted by Crippen LogP contribution is 2.52. The summed E-state index contributed by atoms with van der Waals surface area (Å²) in [7, 11) is 0. The minimum Gasteiger partial charge on any atom is -0.484 e. The Morgan fingerprint density at radius 2 is 2.04 bits per heavy atom. The van der Waals surface area contributed by atoms with Gasteiger partial charge in [-0.1, -0.05) is 23.2 Å². The Bertz CT molecular complexity index is 764. The first kappa shape index (κ1) is 19.8. The third-order valence-corrected chi connectivity index (χ3v) is 6.62. The lowest BCUT2D eigenvalue weighted by atomic mass is 9.76. The van der Waals surface area contributed by atoms with Gasteiger partial charge < -0.3 is 20.7 Å². The molecule has 1 heterocycles. The highest BCUT2D eigenvalue weighted by atomic mass is 35.5. The number of fused-ring (bicyclic) bond motifs is 1. The lowest BCUT2D eigenvalue weighted by Gasteiger charge is -2.39. The molecule has 2 atom stereocenters. The second-order valence-corrected chi connectivity index (χ2v) is 8.72. The van der Waals surface area contributed by atoms with Crippen LogP contribution in [0.1, 0.15) is 25.7 Å². The average Bonchev–Trinajstić information content (AvgIpc) is 3.17. The van der Waals surface area contributed by atoms with Gasteiger partial charge in [0.2, 0.25) is 5.91 Å². The zero-order valence-corrected chi connectivity index (χ0v) is 16.9. The van der Waals surface area contributed by atoms with Crippen molar-refractivity contribution < 1.29 is 14.3 Å². The Balaban J connectivity index is 1.24. The van der Waals surface area contributed by atoms with Crippen LogP contribution in [-0.4, -0.2) is 49.3 Å². The normalized spacial score (nSPS) is 31.0. The highest BCUT2D eigenvalue weighted by molar-refractivity contribution is 6.42. The van der Waals surface area contributed by atoms with Gasteiger partial charge in [-0.3, -0.25) is 14.9 Å². The Labute approximate surface area is 173 Å². The van der Waals surface area contributed by atoms with Gasteiger partial charge in [0.15, 0.2) is 6.61 Å². The molecule has 4 fully saturated rings. The molecule has 2 bridgehead atoms. The van der Waals surface area contributed by atoms with E-state index in [0.717, 1.165) is 32.2 Å². The number of hydrogen-bond acceptors (Lipinski definition) is 5. The third-order valence-electron chi connectivity index (χ3n) is 5.88. The Morgan fingerprint density at radius 3 is 2.75 bits per heavy atom. The number of rotatable bonds is 6. The molecule has 152 valence electrons. The van der Waals surface area contributed by atoms with Gasteiger partial charge in [0, 0.05) is 24.3 Å². The Morgan fingerprint density at radius 1 is 1.21 bits per heavy atom. The predicted octanol–water partition coefficient (Wildman–Crippen LogP) is 1.43. The van der Waals surface area contributed by atoms with Crippen LogP contribution in [0.15, 0.2) is 18.2 Å². The number of carbonyl (C=O) groups is 2. The van der Waals surface area contributed by atoms with Gasteiger partial charge in [-0.15, -0.1) is 0 Å². The first-order chi connectivity index (χ1) is 13.4. The Hall–Kier alpha value is -1.54. The summed E-state index contributed by atoms with van der Waals surface area (Å²) >= 11 is 11.8. The molecule has 0 aromatic heterocycles. The Kier molecular flexibility index (Phi) is 5.69. The van der Waals surface area contributed by atoms with Crippen molar-refractivity contribution in [2.75, 3.05) is 19.8 Å². The van der Waals surface area contributed by atoms with Crippen LogP contribution in [0.2, 0.25) is 10.0 Å². The minimum absolute atomic E-state index is 0.0588. The monoisotopic (exact) mass is 426 g/mol. The summed E-state index contributed by atoms with van der Waals surface area (Å²) in [6.45, 7) is 1.42. The van der Waals surface area contributed by atoms with Gasteiger partial charge in [-0.05, 0) is 50.3 Å². The fourth-order valence-corrected chi connectivity index (χ4v) is 4.78. The number of ether oxygens (including phenoxy) is 1. The molecule has 1 aromatic carbocycles. The van der Waals surface area contributed by atoms with Gasteiger partial charge in [0.25, 0.3) is 5.91 Å². The molecular formula is C19H24Cl2N4O3. The van der Waals surface area contributed by atoms with Gasteiger partial charge in [0.05, 0.1) is 16.1 Å². The zero-order valence-electron chi connectivity index (χ0n) is 15.4. The van der Waals surface area contributed by atoms with Crippen molar-refractivity contribution in [2.24, 2.45) is 5.92 Å². The molecule has 4 aliphatic rings. The van der Waals surface area contributed by atoms with Crippen LogP contribution in [0.25, 0.3) is 0 Å². The number of nitrogens with one attached hydrogen (secondary N) is 4. The molecule has 9 heteroatoms. The van der Waals surface area contributed by atoms with Crippen LogP contribution < -0.4 is 26.0 Å². The van der Waals surface area contributed by atoms with Crippen LogP contribution in [0.3, 0.4) is 0 Å².